The van der Waals surface area contributed by atoms with Gasteiger partial charge in [-0.2, -0.15) is 0 Å². The van der Waals surface area contributed by atoms with Crippen LogP contribution in [-0.4, -0.2) is 51.5 Å². The van der Waals surface area contributed by atoms with E-state index in [0.29, 0.717) is 23.9 Å². The summed E-state index contributed by atoms with van der Waals surface area (Å²) in [6.45, 7) is 5.94. The highest BCUT2D eigenvalue weighted by Gasteiger charge is 2.35. The molecule has 0 radical (unpaired) electrons. The van der Waals surface area contributed by atoms with Crippen LogP contribution in [0.3, 0.4) is 0 Å². The van der Waals surface area contributed by atoms with Crippen LogP contribution in [0.25, 0.3) is 0 Å². The fourth-order valence-corrected chi connectivity index (χ4v) is 4.79. The molecule has 6 heteroatoms. The van der Waals surface area contributed by atoms with Crippen molar-refractivity contribution in [2.24, 2.45) is 11.8 Å². The first-order valence-corrected chi connectivity index (χ1v) is 9.84. The number of hydrogen-bond acceptors (Lipinski definition) is 4. The van der Waals surface area contributed by atoms with E-state index in [1.54, 1.807) is 12.1 Å². The maximum Gasteiger partial charge on any atom is 0.123 e. The standard InChI is InChI=1S/C20H30FN3O.ClH/c21-16-4-6-17(7-5-16)24-10-8-15(13-24)12-23-19-3-1-2-18(19)20-14-25-11-9-22-20;/h4-7,15,18-20,22-23H,1-3,8-14H2;1H. The summed E-state index contributed by atoms with van der Waals surface area (Å²) in [5, 5.41) is 7.52. The minimum absolute atomic E-state index is 0. The number of ether oxygens (including phenoxy) is 1. The molecule has 0 amide bonds. The van der Waals surface area contributed by atoms with Crippen LogP contribution < -0.4 is 15.5 Å². The molecule has 1 aliphatic carbocycles. The second kappa shape index (κ2) is 9.36. The number of hydrogen-bond donors (Lipinski definition) is 2. The van der Waals surface area contributed by atoms with Crippen molar-refractivity contribution in [2.75, 3.05) is 44.3 Å². The van der Waals surface area contributed by atoms with Gasteiger partial charge in [0, 0.05) is 37.4 Å². The molecular weight excluding hydrogens is 353 g/mol. The molecule has 0 bridgehead atoms. The Bertz CT molecular complexity index is 552. The highest BCUT2D eigenvalue weighted by Crippen LogP contribution is 2.30. The molecule has 4 atom stereocenters. The Hall–Kier alpha value is -0.880. The van der Waals surface area contributed by atoms with Crippen molar-refractivity contribution < 1.29 is 9.13 Å². The van der Waals surface area contributed by atoms with E-state index < -0.39 is 0 Å². The van der Waals surface area contributed by atoms with Crippen molar-refractivity contribution in [1.29, 1.82) is 0 Å². The molecule has 4 rings (SSSR count). The average molecular weight is 384 g/mol. The Balaban J connectivity index is 0.00000196. The summed E-state index contributed by atoms with van der Waals surface area (Å²) in [6.07, 6.45) is 5.14. The quantitative estimate of drug-likeness (QED) is 0.819. The minimum Gasteiger partial charge on any atom is -0.379 e. The third-order valence-electron chi connectivity index (χ3n) is 6.18. The van der Waals surface area contributed by atoms with E-state index in [1.165, 1.54) is 25.7 Å². The number of morpholine rings is 1. The zero-order valence-corrected chi connectivity index (χ0v) is 16.1. The molecule has 26 heavy (non-hydrogen) atoms. The molecule has 2 N–H and O–H groups in total. The first kappa shape index (κ1) is 19.9. The maximum atomic E-state index is 13.1. The largest absolute Gasteiger partial charge is 0.379 e. The smallest absolute Gasteiger partial charge is 0.123 e. The van der Waals surface area contributed by atoms with E-state index in [2.05, 4.69) is 15.5 Å². The molecule has 0 aromatic heterocycles. The van der Waals surface area contributed by atoms with Crippen molar-refractivity contribution >= 4 is 18.1 Å². The van der Waals surface area contributed by atoms with Gasteiger partial charge in [-0.15, -0.1) is 12.4 Å². The molecule has 1 aromatic carbocycles. The minimum atomic E-state index is -0.159. The molecular formula is C20H31ClFN3O. The zero-order valence-electron chi connectivity index (χ0n) is 15.3. The van der Waals surface area contributed by atoms with Crippen LogP contribution in [0.5, 0.6) is 0 Å². The third kappa shape index (κ3) is 4.69. The summed E-state index contributed by atoms with van der Waals surface area (Å²) >= 11 is 0. The lowest BCUT2D eigenvalue weighted by molar-refractivity contribution is 0.0523. The monoisotopic (exact) mass is 383 g/mol. The van der Waals surface area contributed by atoms with E-state index in [4.69, 9.17) is 4.74 Å². The van der Waals surface area contributed by atoms with Gasteiger partial charge in [0.15, 0.2) is 0 Å². The molecule has 1 saturated carbocycles. The SMILES string of the molecule is Cl.Fc1ccc(N2CCC(CNC3CCCC3C3COCCN3)C2)cc1. The fraction of sp³-hybridized carbons (Fsp3) is 0.700. The summed E-state index contributed by atoms with van der Waals surface area (Å²) in [5.41, 5.74) is 1.14. The first-order valence-electron chi connectivity index (χ1n) is 9.84. The van der Waals surface area contributed by atoms with Gasteiger partial charge >= 0.3 is 0 Å². The summed E-state index contributed by atoms with van der Waals surface area (Å²) in [6, 6.07) is 8.05. The predicted molar refractivity (Wildman–Crippen MR) is 106 cm³/mol. The van der Waals surface area contributed by atoms with Gasteiger partial charge in [0.2, 0.25) is 0 Å². The zero-order chi connectivity index (χ0) is 17.1. The van der Waals surface area contributed by atoms with Crippen molar-refractivity contribution in [1.82, 2.24) is 10.6 Å². The molecule has 146 valence electrons. The van der Waals surface area contributed by atoms with Crippen LogP contribution in [0.2, 0.25) is 0 Å². The van der Waals surface area contributed by atoms with Crippen molar-refractivity contribution in [2.45, 2.75) is 37.8 Å². The molecule has 3 aliphatic rings. The first-order chi connectivity index (χ1) is 12.3. The van der Waals surface area contributed by atoms with Gasteiger partial charge in [0.05, 0.1) is 13.2 Å². The maximum absolute atomic E-state index is 13.1. The van der Waals surface area contributed by atoms with E-state index in [0.717, 1.165) is 45.1 Å². The summed E-state index contributed by atoms with van der Waals surface area (Å²) in [5.74, 6) is 1.23. The van der Waals surface area contributed by atoms with Gasteiger partial charge in [0.1, 0.15) is 5.82 Å². The van der Waals surface area contributed by atoms with Gasteiger partial charge in [-0.05, 0) is 61.9 Å². The third-order valence-corrected chi connectivity index (χ3v) is 6.18. The topological polar surface area (TPSA) is 36.5 Å². The Morgan fingerprint density at radius 2 is 2.04 bits per heavy atom. The normalized spacial score (nSPS) is 31.8. The van der Waals surface area contributed by atoms with Gasteiger partial charge in [-0.3, -0.25) is 0 Å². The molecule has 2 aliphatic heterocycles. The molecule has 3 fully saturated rings. The molecule has 1 aromatic rings. The van der Waals surface area contributed by atoms with Crippen LogP contribution in [0.4, 0.5) is 10.1 Å². The van der Waals surface area contributed by atoms with Crippen LogP contribution >= 0.6 is 12.4 Å². The van der Waals surface area contributed by atoms with Crippen LogP contribution in [-0.2, 0) is 4.74 Å². The number of nitrogens with zero attached hydrogens (tertiary/aromatic N) is 1. The lowest BCUT2D eigenvalue weighted by Crippen LogP contribution is -2.51. The number of benzene rings is 1. The Kier molecular flexibility index (Phi) is 7.15. The highest BCUT2D eigenvalue weighted by molar-refractivity contribution is 5.85. The predicted octanol–water partition coefficient (Wildman–Crippen LogP) is 2.82. The van der Waals surface area contributed by atoms with Crippen LogP contribution in [0.15, 0.2) is 24.3 Å². The fourth-order valence-electron chi connectivity index (χ4n) is 4.79. The second-order valence-corrected chi connectivity index (χ2v) is 7.82. The molecule has 0 spiro atoms. The molecule has 4 nitrogen and oxygen atoms in total. The van der Waals surface area contributed by atoms with Crippen LogP contribution in [0.1, 0.15) is 25.7 Å². The summed E-state index contributed by atoms with van der Waals surface area (Å²) in [4.78, 5) is 2.38. The van der Waals surface area contributed by atoms with Gasteiger partial charge in [-0.1, -0.05) is 6.42 Å². The van der Waals surface area contributed by atoms with E-state index in [-0.39, 0.29) is 18.2 Å². The van der Waals surface area contributed by atoms with Crippen LogP contribution in [0, 0.1) is 17.7 Å². The van der Waals surface area contributed by atoms with E-state index in [9.17, 15) is 4.39 Å². The number of nitrogens with one attached hydrogen (secondary N) is 2. The van der Waals surface area contributed by atoms with Gasteiger partial charge < -0.3 is 20.3 Å². The Morgan fingerprint density at radius 1 is 1.19 bits per heavy atom. The highest BCUT2D eigenvalue weighted by atomic mass is 35.5. The average Bonchev–Trinajstić information content (AvgIpc) is 3.31. The van der Waals surface area contributed by atoms with E-state index >= 15 is 0 Å². The number of rotatable bonds is 5. The second-order valence-electron chi connectivity index (χ2n) is 7.82. The van der Waals surface area contributed by atoms with Gasteiger partial charge in [0.25, 0.3) is 0 Å². The summed E-state index contributed by atoms with van der Waals surface area (Å²) < 4.78 is 18.8. The molecule has 2 heterocycles. The molecule has 2 saturated heterocycles. The van der Waals surface area contributed by atoms with Crippen molar-refractivity contribution in [3.05, 3.63) is 30.1 Å². The Labute approximate surface area is 162 Å². The molecule has 4 unspecified atom stereocenters. The Morgan fingerprint density at radius 3 is 2.81 bits per heavy atom. The van der Waals surface area contributed by atoms with Crippen molar-refractivity contribution in [3.8, 4) is 0 Å². The van der Waals surface area contributed by atoms with Crippen molar-refractivity contribution in [3.63, 3.8) is 0 Å². The lowest BCUT2D eigenvalue weighted by Gasteiger charge is -2.33. The van der Waals surface area contributed by atoms with Gasteiger partial charge in [-0.25, -0.2) is 4.39 Å². The summed E-state index contributed by atoms with van der Waals surface area (Å²) in [7, 11) is 0. The number of anilines is 1. The van der Waals surface area contributed by atoms with E-state index in [1.807, 2.05) is 12.1 Å². The number of halogens is 2. The lowest BCUT2D eigenvalue weighted by atomic mass is 9.93.